The summed E-state index contributed by atoms with van der Waals surface area (Å²) in [5.41, 5.74) is 5.49. The summed E-state index contributed by atoms with van der Waals surface area (Å²) in [4.78, 5) is 0. The summed E-state index contributed by atoms with van der Waals surface area (Å²) in [6.07, 6.45) is 2.21. The molecule has 0 aromatic heterocycles. The van der Waals surface area contributed by atoms with E-state index in [1.54, 1.807) is 0 Å². The summed E-state index contributed by atoms with van der Waals surface area (Å²) in [7, 11) is 0. The maximum absolute atomic E-state index is 3.69. The minimum Gasteiger partial charge on any atom is -0.310 e. The molecule has 0 bridgehead atoms. The molecule has 21 heavy (non-hydrogen) atoms. The van der Waals surface area contributed by atoms with Gasteiger partial charge in [0.15, 0.2) is 0 Å². The van der Waals surface area contributed by atoms with E-state index in [0.29, 0.717) is 6.04 Å². The monoisotopic (exact) mass is 393 g/mol. The molecule has 0 spiro atoms. The summed E-state index contributed by atoms with van der Waals surface area (Å²) in [5, 5.41) is 3.69. The fourth-order valence-electron chi connectivity index (χ4n) is 2.74. The van der Waals surface area contributed by atoms with Crippen LogP contribution in [0, 0.1) is 17.4 Å². The van der Waals surface area contributed by atoms with E-state index in [1.165, 1.54) is 25.8 Å². The first-order chi connectivity index (χ1) is 10.1. The molecule has 0 saturated carbocycles. The van der Waals surface area contributed by atoms with Crippen LogP contribution in [0.15, 0.2) is 42.5 Å². The number of hydrogen-bond donors (Lipinski definition) is 1. The third kappa shape index (κ3) is 5.11. The Balaban J connectivity index is 2.21. The van der Waals surface area contributed by atoms with E-state index in [4.69, 9.17) is 0 Å². The minimum atomic E-state index is 0.392. The van der Waals surface area contributed by atoms with Crippen molar-refractivity contribution >= 4 is 22.6 Å². The summed E-state index contributed by atoms with van der Waals surface area (Å²) < 4.78 is 1.29. The van der Waals surface area contributed by atoms with Crippen molar-refractivity contribution in [1.82, 2.24) is 5.32 Å². The van der Waals surface area contributed by atoms with Crippen LogP contribution in [0.3, 0.4) is 0 Å². The van der Waals surface area contributed by atoms with E-state index >= 15 is 0 Å². The zero-order chi connectivity index (χ0) is 15.2. The highest BCUT2D eigenvalue weighted by Gasteiger charge is 2.12. The van der Waals surface area contributed by atoms with Crippen molar-refractivity contribution in [2.75, 3.05) is 6.54 Å². The molecular weight excluding hydrogens is 369 g/mol. The molecule has 2 aromatic carbocycles. The van der Waals surface area contributed by atoms with Gasteiger partial charge in [0.2, 0.25) is 0 Å². The van der Waals surface area contributed by atoms with Gasteiger partial charge in [-0.2, -0.15) is 0 Å². The van der Waals surface area contributed by atoms with Crippen LogP contribution in [0.4, 0.5) is 0 Å². The molecule has 1 N–H and O–H groups in total. The number of nitrogens with one attached hydrogen (secondary N) is 1. The van der Waals surface area contributed by atoms with E-state index in [0.717, 1.165) is 19.4 Å². The Bertz CT molecular complexity index is 554. The smallest absolute Gasteiger partial charge is 0.0360 e. The second-order valence-corrected chi connectivity index (χ2v) is 7.00. The highest BCUT2D eigenvalue weighted by molar-refractivity contribution is 14.1. The molecule has 1 unspecified atom stereocenters. The van der Waals surface area contributed by atoms with Crippen molar-refractivity contribution < 1.29 is 0 Å². The predicted molar refractivity (Wildman–Crippen MR) is 99.8 cm³/mol. The zero-order valence-corrected chi connectivity index (χ0v) is 15.3. The number of hydrogen-bond acceptors (Lipinski definition) is 1. The van der Waals surface area contributed by atoms with Gasteiger partial charge in [0, 0.05) is 9.61 Å². The van der Waals surface area contributed by atoms with Crippen molar-refractivity contribution in [3.8, 4) is 0 Å². The van der Waals surface area contributed by atoms with Crippen LogP contribution in [-0.4, -0.2) is 6.54 Å². The number of benzene rings is 2. The lowest BCUT2D eigenvalue weighted by Crippen LogP contribution is -2.24. The average Bonchev–Trinajstić information content (AvgIpc) is 2.43. The molecule has 1 atom stereocenters. The molecule has 2 heteroatoms. The molecule has 0 saturated heterocycles. The standard InChI is InChI=1S/C19H24IN/c1-4-9-21-19(17-5-7-18(20)8-6-17)13-16-11-14(2)10-15(3)12-16/h5-8,10-12,19,21H,4,9,13H2,1-3H3. The van der Waals surface area contributed by atoms with Crippen molar-refractivity contribution in [2.45, 2.75) is 39.7 Å². The van der Waals surface area contributed by atoms with Gasteiger partial charge in [-0.25, -0.2) is 0 Å². The number of rotatable bonds is 6. The van der Waals surface area contributed by atoms with Crippen molar-refractivity contribution in [3.63, 3.8) is 0 Å². The van der Waals surface area contributed by atoms with E-state index in [9.17, 15) is 0 Å². The van der Waals surface area contributed by atoms with Crippen LogP contribution < -0.4 is 5.32 Å². The van der Waals surface area contributed by atoms with Gasteiger partial charge in [-0.1, -0.05) is 48.4 Å². The van der Waals surface area contributed by atoms with Gasteiger partial charge in [-0.05, 0) is 79.1 Å². The summed E-state index contributed by atoms with van der Waals surface area (Å²) in [6.45, 7) is 7.63. The van der Waals surface area contributed by atoms with E-state index < -0.39 is 0 Å². The van der Waals surface area contributed by atoms with Gasteiger partial charge in [-0.3, -0.25) is 0 Å². The number of aryl methyl sites for hydroxylation is 2. The average molecular weight is 393 g/mol. The van der Waals surface area contributed by atoms with E-state index in [1.807, 2.05) is 0 Å². The molecule has 0 amide bonds. The molecule has 0 aliphatic rings. The summed E-state index contributed by atoms with van der Waals surface area (Å²) in [5.74, 6) is 0. The Morgan fingerprint density at radius 2 is 1.62 bits per heavy atom. The molecule has 0 fully saturated rings. The van der Waals surface area contributed by atoms with Crippen LogP contribution >= 0.6 is 22.6 Å². The highest BCUT2D eigenvalue weighted by atomic mass is 127. The Morgan fingerprint density at radius 3 is 2.19 bits per heavy atom. The molecule has 1 nitrogen and oxygen atoms in total. The Morgan fingerprint density at radius 1 is 1.00 bits per heavy atom. The number of halogens is 1. The molecule has 0 radical (unpaired) electrons. The first-order valence-corrected chi connectivity index (χ1v) is 8.72. The van der Waals surface area contributed by atoms with Crippen LogP contribution in [-0.2, 0) is 6.42 Å². The Labute approximate surface area is 142 Å². The molecule has 0 aliphatic carbocycles. The van der Waals surface area contributed by atoms with Gasteiger partial charge in [0.1, 0.15) is 0 Å². The molecule has 0 heterocycles. The van der Waals surface area contributed by atoms with Crippen LogP contribution in [0.1, 0.15) is 41.6 Å². The lowest BCUT2D eigenvalue weighted by Gasteiger charge is -2.20. The van der Waals surface area contributed by atoms with Gasteiger partial charge >= 0.3 is 0 Å². The summed E-state index contributed by atoms with van der Waals surface area (Å²) in [6, 6.07) is 16.1. The third-order valence-corrected chi connectivity index (χ3v) is 4.35. The molecule has 0 aliphatic heterocycles. The first kappa shape index (κ1) is 16.5. The zero-order valence-electron chi connectivity index (χ0n) is 13.1. The van der Waals surface area contributed by atoms with Crippen LogP contribution in [0.25, 0.3) is 0 Å². The Hall–Kier alpha value is -0.870. The lowest BCUT2D eigenvalue weighted by atomic mass is 9.96. The third-order valence-electron chi connectivity index (χ3n) is 3.63. The maximum Gasteiger partial charge on any atom is 0.0360 e. The van der Waals surface area contributed by atoms with Crippen LogP contribution in [0.5, 0.6) is 0 Å². The molecule has 2 rings (SSSR count). The second kappa shape index (κ2) is 7.95. The van der Waals surface area contributed by atoms with Crippen molar-refractivity contribution in [2.24, 2.45) is 0 Å². The highest BCUT2D eigenvalue weighted by Crippen LogP contribution is 2.21. The SMILES string of the molecule is CCCNC(Cc1cc(C)cc(C)c1)c1ccc(I)cc1. The van der Waals surface area contributed by atoms with Gasteiger partial charge in [-0.15, -0.1) is 0 Å². The second-order valence-electron chi connectivity index (χ2n) is 5.76. The summed E-state index contributed by atoms with van der Waals surface area (Å²) >= 11 is 2.36. The topological polar surface area (TPSA) is 12.0 Å². The van der Waals surface area contributed by atoms with Gasteiger partial charge in [0.05, 0.1) is 0 Å². The van der Waals surface area contributed by atoms with E-state index in [-0.39, 0.29) is 0 Å². The molecule has 2 aromatic rings. The van der Waals surface area contributed by atoms with E-state index in [2.05, 4.69) is 91.1 Å². The van der Waals surface area contributed by atoms with Gasteiger partial charge in [0.25, 0.3) is 0 Å². The van der Waals surface area contributed by atoms with Crippen LogP contribution in [0.2, 0.25) is 0 Å². The fraction of sp³-hybridized carbons (Fsp3) is 0.368. The minimum absolute atomic E-state index is 0.392. The van der Waals surface area contributed by atoms with Crippen molar-refractivity contribution in [1.29, 1.82) is 0 Å². The largest absolute Gasteiger partial charge is 0.310 e. The maximum atomic E-state index is 3.69. The normalized spacial score (nSPS) is 12.4. The Kier molecular flexibility index (Phi) is 6.24. The fourth-order valence-corrected chi connectivity index (χ4v) is 3.10. The quantitative estimate of drug-likeness (QED) is 0.666. The predicted octanol–water partition coefficient (Wildman–Crippen LogP) is 5.19. The lowest BCUT2D eigenvalue weighted by molar-refractivity contribution is 0.529. The van der Waals surface area contributed by atoms with Crippen molar-refractivity contribution in [3.05, 3.63) is 68.3 Å². The van der Waals surface area contributed by atoms with Gasteiger partial charge < -0.3 is 5.32 Å². The molecular formula is C19H24IN. The first-order valence-electron chi connectivity index (χ1n) is 7.64. The molecule has 112 valence electrons.